The lowest BCUT2D eigenvalue weighted by molar-refractivity contribution is 0.118. The molecule has 1 saturated carbocycles. The van der Waals surface area contributed by atoms with Crippen LogP contribution in [0.1, 0.15) is 50.7 Å². The number of rotatable bonds is 5. The van der Waals surface area contributed by atoms with Gasteiger partial charge < -0.3 is 9.26 Å². The first-order valence-corrected chi connectivity index (χ1v) is 9.64. The topological polar surface area (TPSA) is 38.5 Å². The molecule has 0 atom stereocenters. The fourth-order valence-electron chi connectivity index (χ4n) is 3.85. The lowest BCUT2D eigenvalue weighted by Gasteiger charge is -2.40. The summed E-state index contributed by atoms with van der Waals surface area (Å²) in [6, 6.07) is 2.72. The number of aromatic nitrogens is 1. The fraction of sp³-hybridized carbons (Fsp3) is 0.571. The highest BCUT2D eigenvalue weighted by Crippen LogP contribution is 2.30. The van der Waals surface area contributed by atoms with Crippen molar-refractivity contribution in [2.75, 3.05) is 19.7 Å². The maximum Gasteiger partial charge on any atom is 0.254 e. The van der Waals surface area contributed by atoms with Gasteiger partial charge >= 0.3 is 0 Å². The summed E-state index contributed by atoms with van der Waals surface area (Å²) in [4.78, 5) is 2.71. The molecule has 2 aliphatic carbocycles. The number of hydrogen-bond donors (Lipinski definition) is 0. The molecule has 2 heterocycles. The van der Waals surface area contributed by atoms with Crippen LogP contribution in [0.4, 0.5) is 0 Å². The number of likely N-dealkylation sites (tertiary alicyclic amines) is 1. The normalized spacial score (nSPS) is 22.2. The number of allylic oxidation sites excluding steroid dienone is 4. The third-order valence-corrected chi connectivity index (χ3v) is 5.70. The summed E-state index contributed by atoms with van der Waals surface area (Å²) >= 11 is 0. The summed E-state index contributed by atoms with van der Waals surface area (Å²) in [5, 5.41) is 3.87. The van der Waals surface area contributed by atoms with Crippen molar-refractivity contribution in [3.8, 4) is 5.88 Å². The maximum absolute atomic E-state index is 5.68. The largest absolute Gasteiger partial charge is 0.471 e. The van der Waals surface area contributed by atoms with Gasteiger partial charge in [0.1, 0.15) is 12.4 Å². The molecule has 4 heteroatoms. The van der Waals surface area contributed by atoms with E-state index in [9.17, 15) is 0 Å². The van der Waals surface area contributed by atoms with Crippen molar-refractivity contribution in [2.24, 2.45) is 0 Å². The summed E-state index contributed by atoms with van der Waals surface area (Å²) in [5.74, 6) is 1.36. The number of ether oxygens (including phenoxy) is 1. The summed E-state index contributed by atoms with van der Waals surface area (Å²) in [6.45, 7) is 4.99. The molecule has 4 rings (SSSR count). The monoisotopic (exact) mass is 340 g/mol. The molecule has 0 spiro atoms. The van der Waals surface area contributed by atoms with Crippen LogP contribution in [0.3, 0.4) is 0 Å². The zero-order chi connectivity index (χ0) is 17.1. The van der Waals surface area contributed by atoms with Gasteiger partial charge in [-0.25, -0.2) is 0 Å². The van der Waals surface area contributed by atoms with Gasteiger partial charge in [-0.05, 0) is 61.8 Å². The number of nitrogens with zero attached hydrogens (tertiary/aromatic N) is 2. The summed E-state index contributed by atoms with van der Waals surface area (Å²) < 4.78 is 10.7. The average molecular weight is 340 g/mol. The Morgan fingerprint density at radius 3 is 2.64 bits per heavy atom. The average Bonchev–Trinajstić information content (AvgIpc) is 3.00. The highest BCUT2D eigenvalue weighted by molar-refractivity contribution is 5.34. The van der Waals surface area contributed by atoms with E-state index in [4.69, 9.17) is 9.26 Å². The molecule has 4 nitrogen and oxygen atoms in total. The second-order valence-electron chi connectivity index (χ2n) is 7.55. The SMILES string of the molecule is Cc1cc(OCC2=CC=C(C=C3CCN(C4CCC4)CC3)CC2)no1. The van der Waals surface area contributed by atoms with Crippen molar-refractivity contribution in [3.05, 3.63) is 46.8 Å². The lowest BCUT2D eigenvalue weighted by atomic mass is 9.88. The highest BCUT2D eigenvalue weighted by atomic mass is 16.5. The van der Waals surface area contributed by atoms with Gasteiger partial charge in [0.05, 0.1) is 0 Å². The van der Waals surface area contributed by atoms with Crippen LogP contribution in [-0.2, 0) is 0 Å². The summed E-state index contributed by atoms with van der Waals surface area (Å²) in [6.07, 6.45) is 15.9. The van der Waals surface area contributed by atoms with Crippen LogP contribution in [0, 0.1) is 6.92 Å². The third kappa shape index (κ3) is 4.24. The predicted molar refractivity (Wildman–Crippen MR) is 98.7 cm³/mol. The van der Waals surface area contributed by atoms with E-state index >= 15 is 0 Å². The molecule has 1 aromatic rings. The van der Waals surface area contributed by atoms with Crippen LogP contribution in [0.25, 0.3) is 0 Å². The van der Waals surface area contributed by atoms with E-state index in [1.807, 2.05) is 13.0 Å². The van der Waals surface area contributed by atoms with E-state index in [-0.39, 0.29) is 0 Å². The maximum atomic E-state index is 5.68. The molecular weight excluding hydrogens is 312 g/mol. The molecule has 0 N–H and O–H groups in total. The van der Waals surface area contributed by atoms with Crippen LogP contribution in [0.5, 0.6) is 5.88 Å². The Morgan fingerprint density at radius 1 is 1.20 bits per heavy atom. The Balaban J connectivity index is 1.27. The quantitative estimate of drug-likeness (QED) is 0.786. The van der Waals surface area contributed by atoms with Crippen molar-refractivity contribution >= 4 is 0 Å². The minimum Gasteiger partial charge on any atom is -0.471 e. The number of hydrogen-bond acceptors (Lipinski definition) is 4. The van der Waals surface area contributed by atoms with Gasteiger partial charge in [-0.1, -0.05) is 30.2 Å². The minimum absolute atomic E-state index is 0.577. The zero-order valence-corrected chi connectivity index (χ0v) is 15.2. The smallest absolute Gasteiger partial charge is 0.254 e. The zero-order valence-electron chi connectivity index (χ0n) is 15.2. The molecule has 134 valence electrons. The summed E-state index contributed by atoms with van der Waals surface area (Å²) in [5.41, 5.74) is 4.42. The number of piperidine rings is 1. The summed E-state index contributed by atoms with van der Waals surface area (Å²) in [7, 11) is 0. The molecule has 0 unspecified atom stereocenters. The first-order valence-electron chi connectivity index (χ1n) is 9.64. The molecule has 2 fully saturated rings. The Hall–Kier alpha value is -1.81. The van der Waals surface area contributed by atoms with Crippen molar-refractivity contribution in [2.45, 2.75) is 57.9 Å². The van der Waals surface area contributed by atoms with Crippen LogP contribution < -0.4 is 4.74 Å². The van der Waals surface area contributed by atoms with Crippen molar-refractivity contribution in [1.29, 1.82) is 0 Å². The second-order valence-corrected chi connectivity index (χ2v) is 7.55. The second kappa shape index (κ2) is 7.61. The van der Waals surface area contributed by atoms with E-state index in [2.05, 4.69) is 28.3 Å². The van der Waals surface area contributed by atoms with E-state index in [0.717, 1.165) is 24.6 Å². The van der Waals surface area contributed by atoms with E-state index in [0.29, 0.717) is 12.5 Å². The van der Waals surface area contributed by atoms with Gasteiger partial charge in [0.15, 0.2) is 0 Å². The van der Waals surface area contributed by atoms with E-state index < -0.39 is 0 Å². The third-order valence-electron chi connectivity index (χ3n) is 5.70. The molecule has 0 radical (unpaired) electrons. The van der Waals surface area contributed by atoms with Crippen LogP contribution in [-0.4, -0.2) is 35.8 Å². The van der Waals surface area contributed by atoms with E-state index in [1.165, 1.54) is 56.3 Å². The van der Waals surface area contributed by atoms with Crippen LogP contribution >= 0.6 is 0 Å². The fourth-order valence-corrected chi connectivity index (χ4v) is 3.85. The molecule has 1 aromatic heterocycles. The Bertz CT molecular complexity index is 685. The van der Waals surface area contributed by atoms with Gasteiger partial charge in [0, 0.05) is 25.2 Å². The van der Waals surface area contributed by atoms with Gasteiger partial charge in [0.25, 0.3) is 5.88 Å². The first-order chi connectivity index (χ1) is 12.3. The molecule has 25 heavy (non-hydrogen) atoms. The van der Waals surface area contributed by atoms with Crippen molar-refractivity contribution < 1.29 is 9.26 Å². The van der Waals surface area contributed by atoms with Crippen LogP contribution in [0.15, 0.2) is 45.5 Å². The predicted octanol–water partition coefficient (Wildman–Crippen LogP) is 4.58. The van der Waals surface area contributed by atoms with Gasteiger partial charge in [0.2, 0.25) is 0 Å². The lowest BCUT2D eigenvalue weighted by Crippen LogP contribution is -2.43. The van der Waals surface area contributed by atoms with Crippen LogP contribution in [0.2, 0.25) is 0 Å². The molecular formula is C21H28N2O2. The molecule has 3 aliphatic rings. The van der Waals surface area contributed by atoms with Crippen molar-refractivity contribution in [3.63, 3.8) is 0 Å². The van der Waals surface area contributed by atoms with Gasteiger partial charge in [-0.2, -0.15) is 0 Å². The number of aryl methyl sites for hydroxylation is 1. The molecule has 1 aliphatic heterocycles. The molecule has 1 saturated heterocycles. The van der Waals surface area contributed by atoms with Crippen molar-refractivity contribution in [1.82, 2.24) is 10.1 Å². The van der Waals surface area contributed by atoms with E-state index in [1.54, 1.807) is 5.57 Å². The first kappa shape index (κ1) is 16.6. The molecule has 0 aromatic carbocycles. The standard InChI is InChI=1S/C21H28N2O2/c1-16-13-21(22-25-16)24-15-19-7-5-17(6-8-19)14-18-9-11-23(12-10-18)20-3-2-4-20/h5,7,13-14,20H,2-4,6,8-12,15H2,1H3. The molecule has 0 amide bonds. The molecule has 0 bridgehead atoms. The Labute approximate surface area is 150 Å². The minimum atomic E-state index is 0.577. The van der Waals surface area contributed by atoms with Gasteiger partial charge in [-0.3, -0.25) is 4.90 Å². The Morgan fingerprint density at radius 2 is 2.04 bits per heavy atom. The highest BCUT2D eigenvalue weighted by Gasteiger charge is 2.26. The Kier molecular flexibility index (Phi) is 5.07. The van der Waals surface area contributed by atoms with Gasteiger partial charge in [-0.15, -0.1) is 0 Å².